The van der Waals surface area contributed by atoms with Crippen molar-refractivity contribution in [3.8, 4) is 0 Å². The molecular formula is C15H25NO5. The number of Topliss-reactive ketones (excluding diaryl/α,β-unsaturated/α-hetero) is 1. The zero-order valence-corrected chi connectivity index (χ0v) is 13.0. The van der Waals surface area contributed by atoms with E-state index in [0.717, 1.165) is 32.1 Å². The van der Waals surface area contributed by atoms with Crippen molar-refractivity contribution in [3.63, 3.8) is 0 Å². The molecule has 6 heteroatoms. The lowest BCUT2D eigenvalue weighted by molar-refractivity contribution is -0.140. The summed E-state index contributed by atoms with van der Waals surface area (Å²) in [4.78, 5) is 35.1. The number of hydrogen-bond donors (Lipinski definition) is 2. The summed E-state index contributed by atoms with van der Waals surface area (Å²) in [5.74, 6) is -1.46. The predicted octanol–water partition coefficient (Wildman–Crippen LogP) is 2.50. The van der Waals surface area contributed by atoms with Crippen LogP contribution in [0.3, 0.4) is 0 Å². The summed E-state index contributed by atoms with van der Waals surface area (Å²) >= 11 is 0. The SMILES string of the molecule is CC(C)(C)OC(=O)N[C@@H](CC(=O)O)C(=O)C1CCCCC1. The molecule has 1 atom stereocenters. The molecule has 1 fully saturated rings. The van der Waals surface area contributed by atoms with Gasteiger partial charge in [0, 0.05) is 5.92 Å². The first-order valence-corrected chi connectivity index (χ1v) is 7.44. The fourth-order valence-corrected chi connectivity index (χ4v) is 2.52. The average molecular weight is 299 g/mol. The summed E-state index contributed by atoms with van der Waals surface area (Å²) < 4.78 is 5.09. The fourth-order valence-electron chi connectivity index (χ4n) is 2.52. The number of aliphatic carboxylic acids is 1. The highest BCUT2D eigenvalue weighted by Gasteiger charge is 2.32. The molecule has 120 valence electrons. The van der Waals surface area contributed by atoms with Crippen LogP contribution in [0.1, 0.15) is 59.3 Å². The quantitative estimate of drug-likeness (QED) is 0.813. The zero-order valence-electron chi connectivity index (χ0n) is 13.0. The largest absolute Gasteiger partial charge is 0.481 e. The number of carbonyl (C=O) groups is 3. The van der Waals surface area contributed by atoms with Gasteiger partial charge < -0.3 is 15.2 Å². The molecule has 0 spiro atoms. The van der Waals surface area contributed by atoms with Crippen molar-refractivity contribution in [2.45, 2.75) is 70.9 Å². The van der Waals surface area contributed by atoms with Crippen LogP contribution in [0.15, 0.2) is 0 Å². The van der Waals surface area contributed by atoms with E-state index in [1.54, 1.807) is 20.8 Å². The Balaban J connectivity index is 2.68. The monoisotopic (exact) mass is 299 g/mol. The third-order valence-electron chi connectivity index (χ3n) is 3.42. The van der Waals surface area contributed by atoms with Gasteiger partial charge in [-0.3, -0.25) is 9.59 Å². The van der Waals surface area contributed by atoms with E-state index >= 15 is 0 Å². The van der Waals surface area contributed by atoms with E-state index in [2.05, 4.69) is 5.32 Å². The van der Waals surface area contributed by atoms with Gasteiger partial charge in [-0.2, -0.15) is 0 Å². The van der Waals surface area contributed by atoms with Gasteiger partial charge >= 0.3 is 12.1 Å². The van der Waals surface area contributed by atoms with Crippen LogP contribution >= 0.6 is 0 Å². The third kappa shape index (κ3) is 6.60. The molecule has 0 unspecified atom stereocenters. The molecule has 0 aromatic heterocycles. The molecule has 1 amide bonds. The van der Waals surface area contributed by atoms with E-state index in [4.69, 9.17) is 9.84 Å². The second kappa shape index (κ2) is 7.43. The van der Waals surface area contributed by atoms with Gasteiger partial charge in [0.25, 0.3) is 0 Å². The number of ketones is 1. The van der Waals surface area contributed by atoms with Crippen molar-refractivity contribution < 1.29 is 24.2 Å². The molecule has 1 aliphatic rings. The Hall–Kier alpha value is -1.59. The zero-order chi connectivity index (χ0) is 16.0. The van der Waals surface area contributed by atoms with Gasteiger partial charge in [0.15, 0.2) is 5.78 Å². The van der Waals surface area contributed by atoms with Crippen LogP contribution in [0.25, 0.3) is 0 Å². The van der Waals surface area contributed by atoms with Crippen molar-refractivity contribution in [3.05, 3.63) is 0 Å². The molecule has 0 bridgehead atoms. The summed E-state index contributed by atoms with van der Waals surface area (Å²) in [6.07, 6.45) is 3.43. The first-order valence-electron chi connectivity index (χ1n) is 7.44. The van der Waals surface area contributed by atoms with Gasteiger partial charge in [0.05, 0.1) is 6.42 Å². The van der Waals surface area contributed by atoms with Crippen molar-refractivity contribution >= 4 is 17.8 Å². The average Bonchev–Trinajstić information content (AvgIpc) is 2.35. The summed E-state index contributed by atoms with van der Waals surface area (Å²) in [6.45, 7) is 5.13. The number of rotatable bonds is 5. The number of hydrogen-bond acceptors (Lipinski definition) is 4. The Morgan fingerprint density at radius 1 is 1.19 bits per heavy atom. The molecule has 0 heterocycles. The smallest absolute Gasteiger partial charge is 0.408 e. The molecule has 0 aromatic rings. The lowest BCUT2D eigenvalue weighted by Crippen LogP contribution is -2.47. The molecule has 1 saturated carbocycles. The minimum Gasteiger partial charge on any atom is -0.481 e. The second-order valence-corrected chi connectivity index (χ2v) is 6.53. The van der Waals surface area contributed by atoms with Crippen LogP contribution < -0.4 is 5.32 Å². The van der Waals surface area contributed by atoms with Crippen LogP contribution in [0.2, 0.25) is 0 Å². The highest BCUT2D eigenvalue weighted by Crippen LogP contribution is 2.26. The lowest BCUT2D eigenvalue weighted by Gasteiger charge is -2.26. The van der Waals surface area contributed by atoms with E-state index in [9.17, 15) is 14.4 Å². The van der Waals surface area contributed by atoms with Gasteiger partial charge in [-0.25, -0.2) is 4.79 Å². The van der Waals surface area contributed by atoms with Gasteiger partial charge in [0.2, 0.25) is 0 Å². The van der Waals surface area contributed by atoms with Gasteiger partial charge in [0.1, 0.15) is 11.6 Å². The highest BCUT2D eigenvalue weighted by molar-refractivity contribution is 5.92. The maximum absolute atomic E-state index is 12.4. The Kier molecular flexibility index (Phi) is 6.18. The molecule has 21 heavy (non-hydrogen) atoms. The van der Waals surface area contributed by atoms with Crippen molar-refractivity contribution in [1.82, 2.24) is 5.32 Å². The minimum atomic E-state index is -1.11. The third-order valence-corrected chi connectivity index (χ3v) is 3.42. The lowest BCUT2D eigenvalue weighted by atomic mass is 9.83. The maximum Gasteiger partial charge on any atom is 0.408 e. The highest BCUT2D eigenvalue weighted by atomic mass is 16.6. The van der Waals surface area contributed by atoms with Crippen LogP contribution in [0.5, 0.6) is 0 Å². The van der Waals surface area contributed by atoms with E-state index in [1.165, 1.54) is 0 Å². The standard InChI is InChI=1S/C15H25NO5/c1-15(2,3)21-14(20)16-11(9-12(17)18)13(19)10-7-5-4-6-8-10/h10-11H,4-9H2,1-3H3,(H,16,20)(H,17,18)/t11-/m0/s1. The normalized spacial score (nSPS) is 17.9. The fraction of sp³-hybridized carbons (Fsp3) is 0.800. The van der Waals surface area contributed by atoms with E-state index in [-0.39, 0.29) is 11.7 Å². The van der Waals surface area contributed by atoms with Gasteiger partial charge in [-0.05, 0) is 33.6 Å². The maximum atomic E-state index is 12.4. The number of nitrogens with one attached hydrogen (secondary N) is 1. The molecule has 0 radical (unpaired) electrons. The molecule has 6 nitrogen and oxygen atoms in total. The first kappa shape index (κ1) is 17.5. The number of ether oxygens (including phenoxy) is 1. The van der Waals surface area contributed by atoms with Crippen LogP contribution in [0.4, 0.5) is 4.79 Å². The summed E-state index contributed by atoms with van der Waals surface area (Å²) in [5, 5.41) is 11.3. The van der Waals surface area contributed by atoms with E-state index < -0.39 is 30.1 Å². The van der Waals surface area contributed by atoms with Crippen molar-refractivity contribution in [2.24, 2.45) is 5.92 Å². The molecule has 0 aliphatic heterocycles. The summed E-state index contributed by atoms with van der Waals surface area (Å²) in [6, 6.07) is -1.01. The molecular weight excluding hydrogens is 274 g/mol. The molecule has 1 aliphatic carbocycles. The topological polar surface area (TPSA) is 92.7 Å². The summed E-state index contributed by atoms with van der Waals surface area (Å²) in [5.41, 5.74) is -0.689. The Labute approximate surface area is 125 Å². The van der Waals surface area contributed by atoms with Gasteiger partial charge in [-0.15, -0.1) is 0 Å². The number of amides is 1. The minimum absolute atomic E-state index is 0.155. The number of alkyl carbamates (subject to hydrolysis) is 1. The molecule has 2 N–H and O–H groups in total. The number of carbonyl (C=O) groups excluding carboxylic acids is 2. The van der Waals surface area contributed by atoms with Crippen LogP contribution in [0, 0.1) is 5.92 Å². The van der Waals surface area contributed by atoms with E-state index in [1.807, 2.05) is 0 Å². The first-order chi connectivity index (χ1) is 9.69. The molecule has 1 rings (SSSR count). The Bertz CT molecular complexity index is 393. The van der Waals surface area contributed by atoms with Crippen LogP contribution in [-0.2, 0) is 14.3 Å². The van der Waals surface area contributed by atoms with E-state index in [0.29, 0.717) is 0 Å². The Morgan fingerprint density at radius 3 is 2.24 bits per heavy atom. The molecule has 0 saturated heterocycles. The predicted molar refractivity (Wildman–Crippen MR) is 77.0 cm³/mol. The van der Waals surface area contributed by atoms with Crippen molar-refractivity contribution in [1.29, 1.82) is 0 Å². The van der Waals surface area contributed by atoms with Crippen LogP contribution in [-0.4, -0.2) is 34.6 Å². The number of carboxylic acids is 1. The van der Waals surface area contributed by atoms with Gasteiger partial charge in [-0.1, -0.05) is 19.3 Å². The molecule has 0 aromatic carbocycles. The second-order valence-electron chi connectivity index (χ2n) is 6.53. The number of carboxylic acid groups (broad SMARTS) is 1. The Morgan fingerprint density at radius 2 is 1.76 bits per heavy atom. The van der Waals surface area contributed by atoms with Crippen molar-refractivity contribution in [2.75, 3.05) is 0 Å². The summed E-state index contributed by atoms with van der Waals surface area (Å²) in [7, 11) is 0.